The van der Waals surface area contributed by atoms with Gasteiger partial charge in [-0.25, -0.2) is 4.39 Å². The van der Waals surface area contributed by atoms with Gasteiger partial charge in [-0.15, -0.1) is 0 Å². The summed E-state index contributed by atoms with van der Waals surface area (Å²) in [5.74, 6) is -1.12. The van der Waals surface area contributed by atoms with E-state index in [9.17, 15) is 13.2 Å². The molecule has 1 aliphatic rings. The lowest BCUT2D eigenvalue weighted by molar-refractivity contribution is -0.188. The molecule has 3 aromatic carbocycles. The van der Waals surface area contributed by atoms with Crippen LogP contribution in [0.1, 0.15) is 68.6 Å². The molecule has 0 saturated heterocycles. The van der Waals surface area contributed by atoms with Crippen molar-refractivity contribution in [3.8, 4) is 28.0 Å². The highest BCUT2D eigenvalue weighted by Gasteiger charge is 2.43. The van der Waals surface area contributed by atoms with E-state index in [4.69, 9.17) is 4.74 Å². The van der Waals surface area contributed by atoms with E-state index in [0.29, 0.717) is 16.7 Å². The van der Waals surface area contributed by atoms with Gasteiger partial charge in [-0.1, -0.05) is 94.0 Å². The molecule has 0 atom stereocenters. The Balaban J connectivity index is 1.48. The lowest BCUT2D eigenvalue weighted by atomic mass is 9.91. The molecule has 0 N–H and O–H groups in total. The van der Waals surface area contributed by atoms with Gasteiger partial charge in [0.1, 0.15) is 0 Å². The number of fused-ring (bicyclic) bond motifs is 3. The number of hydrogen-bond acceptors (Lipinski definition) is 1. The second-order valence-electron chi connectivity index (χ2n) is 9.02. The van der Waals surface area contributed by atoms with Crippen molar-refractivity contribution >= 4 is 0 Å². The number of ether oxygens (including phenoxy) is 1. The van der Waals surface area contributed by atoms with Crippen LogP contribution < -0.4 is 4.74 Å². The number of aryl methyl sites for hydroxylation is 2. The zero-order valence-corrected chi connectivity index (χ0v) is 19.4. The molecular formula is C29H31F3O. The first-order chi connectivity index (χ1) is 15.9. The maximum Gasteiger partial charge on any atom is 0.427 e. The molecule has 0 aliphatic carbocycles. The van der Waals surface area contributed by atoms with Crippen molar-refractivity contribution < 1.29 is 17.9 Å². The minimum absolute atomic E-state index is 0.233. The number of halogens is 3. The lowest BCUT2D eigenvalue weighted by Gasteiger charge is -2.29. The molecule has 0 aromatic heterocycles. The number of rotatable bonds is 9. The van der Waals surface area contributed by atoms with Gasteiger partial charge in [-0.05, 0) is 53.6 Å². The van der Waals surface area contributed by atoms with Crippen LogP contribution in [0.5, 0.6) is 5.75 Å². The van der Waals surface area contributed by atoms with Gasteiger partial charge < -0.3 is 4.74 Å². The van der Waals surface area contributed by atoms with Crippen LogP contribution in [0.4, 0.5) is 13.2 Å². The van der Waals surface area contributed by atoms with Crippen molar-refractivity contribution in [2.75, 3.05) is 0 Å². The van der Waals surface area contributed by atoms with E-state index < -0.39 is 11.9 Å². The van der Waals surface area contributed by atoms with Crippen LogP contribution in [0.3, 0.4) is 0 Å². The zero-order chi connectivity index (χ0) is 23.4. The van der Waals surface area contributed by atoms with E-state index in [2.05, 4.69) is 19.1 Å². The van der Waals surface area contributed by atoms with Crippen molar-refractivity contribution in [1.29, 1.82) is 0 Å². The highest BCUT2D eigenvalue weighted by molar-refractivity contribution is 5.80. The van der Waals surface area contributed by atoms with Crippen LogP contribution in [0, 0.1) is 12.7 Å². The summed E-state index contributed by atoms with van der Waals surface area (Å²) in [5.41, 5.74) is 3.53. The first kappa shape index (κ1) is 23.4. The molecule has 0 radical (unpaired) electrons. The molecule has 0 fully saturated rings. The predicted octanol–water partition coefficient (Wildman–Crippen LogP) is 9.20. The highest BCUT2D eigenvalue weighted by Crippen LogP contribution is 2.49. The first-order valence-electron chi connectivity index (χ1n) is 12.0. The maximum atomic E-state index is 14.8. The molecule has 0 saturated carbocycles. The van der Waals surface area contributed by atoms with E-state index in [-0.39, 0.29) is 16.9 Å². The Bertz CT molecular complexity index is 1100. The van der Waals surface area contributed by atoms with Crippen LogP contribution in [-0.4, -0.2) is 0 Å². The van der Waals surface area contributed by atoms with E-state index >= 15 is 0 Å². The fourth-order valence-corrected chi connectivity index (χ4v) is 4.50. The van der Waals surface area contributed by atoms with Crippen molar-refractivity contribution in [2.45, 2.75) is 71.3 Å². The molecule has 1 aliphatic heterocycles. The normalized spacial score (nSPS) is 13.8. The molecular weight excluding hydrogens is 421 g/mol. The average Bonchev–Trinajstić information content (AvgIpc) is 2.81. The SMILES string of the molecule is CCCCCCCCCc1ccc(-c2ccc3c(c2)C(F)(F)Oc2c-3ccc(C)c2F)cc1. The predicted molar refractivity (Wildman–Crippen MR) is 128 cm³/mol. The summed E-state index contributed by atoms with van der Waals surface area (Å²) in [4.78, 5) is 0. The number of alkyl halides is 2. The summed E-state index contributed by atoms with van der Waals surface area (Å²) in [5, 5.41) is 0. The van der Waals surface area contributed by atoms with Crippen molar-refractivity contribution in [2.24, 2.45) is 0 Å². The molecule has 1 nitrogen and oxygen atoms in total. The molecule has 0 spiro atoms. The Labute approximate surface area is 194 Å². The molecule has 4 heteroatoms. The Morgan fingerprint density at radius 2 is 1.39 bits per heavy atom. The second-order valence-corrected chi connectivity index (χ2v) is 9.02. The Morgan fingerprint density at radius 3 is 2.12 bits per heavy atom. The monoisotopic (exact) mass is 452 g/mol. The fraction of sp³-hybridized carbons (Fsp3) is 0.379. The average molecular weight is 453 g/mol. The minimum atomic E-state index is -3.59. The van der Waals surface area contributed by atoms with Gasteiger partial charge in [-0.2, -0.15) is 8.78 Å². The molecule has 0 unspecified atom stereocenters. The second kappa shape index (κ2) is 10.0. The third-order valence-corrected chi connectivity index (χ3v) is 6.50. The highest BCUT2D eigenvalue weighted by atomic mass is 19.3. The van der Waals surface area contributed by atoms with Gasteiger partial charge >= 0.3 is 6.11 Å². The molecule has 0 amide bonds. The van der Waals surface area contributed by atoms with Crippen LogP contribution in [-0.2, 0) is 12.5 Å². The van der Waals surface area contributed by atoms with Gasteiger partial charge in [0.25, 0.3) is 0 Å². The van der Waals surface area contributed by atoms with Gasteiger partial charge in [0, 0.05) is 5.56 Å². The zero-order valence-electron chi connectivity index (χ0n) is 19.4. The van der Waals surface area contributed by atoms with E-state index in [1.54, 1.807) is 18.2 Å². The van der Waals surface area contributed by atoms with Crippen molar-refractivity contribution in [3.05, 3.63) is 77.1 Å². The third kappa shape index (κ3) is 5.10. The molecule has 174 valence electrons. The Kier molecular flexibility index (Phi) is 7.11. The maximum absolute atomic E-state index is 14.8. The molecule has 3 aromatic rings. The number of unbranched alkanes of at least 4 members (excludes halogenated alkanes) is 6. The van der Waals surface area contributed by atoms with Crippen molar-refractivity contribution in [1.82, 2.24) is 0 Å². The van der Waals surface area contributed by atoms with Gasteiger partial charge in [0.15, 0.2) is 11.6 Å². The molecule has 0 bridgehead atoms. The molecule has 33 heavy (non-hydrogen) atoms. The van der Waals surface area contributed by atoms with Crippen molar-refractivity contribution in [3.63, 3.8) is 0 Å². The van der Waals surface area contributed by atoms with Crippen LogP contribution in [0.15, 0.2) is 54.6 Å². The largest absolute Gasteiger partial charge is 0.427 e. The molecule has 4 rings (SSSR count). The van der Waals surface area contributed by atoms with E-state index in [0.717, 1.165) is 12.0 Å². The summed E-state index contributed by atoms with van der Waals surface area (Å²) >= 11 is 0. The summed E-state index contributed by atoms with van der Waals surface area (Å²) in [7, 11) is 0. The number of benzene rings is 3. The Morgan fingerprint density at radius 1 is 0.758 bits per heavy atom. The lowest BCUT2D eigenvalue weighted by Crippen LogP contribution is -2.27. The van der Waals surface area contributed by atoms with Gasteiger partial charge in [0.05, 0.1) is 5.56 Å². The summed E-state index contributed by atoms with van der Waals surface area (Å²) < 4.78 is 48.9. The standard InChI is InChI=1S/C29H31F3O/c1-3-4-5-6-7-8-9-10-21-12-14-22(15-13-21)23-16-18-24-25-17-11-20(2)27(30)28(25)33-29(31,32)26(24)19-23/h11-19H,3-10H2,1-2H3. The Hall–Kier alpha value is -2.75. The summed E-state index contributed by atoms with van der Waals surface area (Å²) in [6, 6.07) is 16.3. The number of hydrogen-bond donors (Lipinski definition) is 0. The topological polar surface area (TPSA) is 9.23 Å². The summed E-state index contributed by atoms with van der Waals surface area (Å²) in [6.45, 7) is 3.76. The van der Waals surface area contributed by atoms with Crippen LogP contribution >= 0.6 is 0 Å². The smallest absolute Gasteiger partial charge is 0.425 e. The van der Waals surface area contributed by atoms with Gasteiger partial charge in [0.2, 0.25) is 0 Å². The van der Waals surface area contributed by atoms with E-state index in [1.165, 1.54) is 63.5 Å². The molecule has 1 heterocycles. The minimum Gasteiger partial charge on any atom is -0.425 e. The van der Waals surface area contributed by atoms with E-state index in [1.807, 2.05) is 18.2 Å². The van der Waals surface area contributed by atoms with Crippen LogP contribution in [0.2, 0.25) is 0 Å². The third-order valence-electron chi connectivity index (χ3n) is 6.50. The van der Waals surface area contributed by atoms with Gasteiger partial charge in [-0.3, -0.25) is 0 Å². The summed E-state index contributed by atoms with van der Waals surface area (Å²) in [6.07, 6.45) is 6.38. The first-order valence-corrected chi connectivity index (χ1v) is 12.0. The fourth-order valence-electron chi connectivity index (χ4n) is 4.50. The quantitative estimate of drug-likeness (QED) is 0.294. The van der Waals surface area contributed by atoms with Crippen LogP contribution in [0.25, 0.3) is 22.3 Å².